The molecule has 0 saturated carbocycles. The Morgan fingerprint density at radius 1 is 1.30 bits per heavy atom. The van der Waals surface area contributed by atoms with Gasteiger partial charge in [-0.05, 0) is 32.2 Å². The minimum absolute atomic E-state index is 0.101. The minimum Gasteiger partial charge on any atom is -0.385 e. The quantitative estimate of drug-likeness (QED) is 0.552. The van der Waals surface area contributed by atoms with Gasteiger partial charge in [0, 0.05) is 40.0 Å². The molecule has 1 heterocycles. The lowest BCUT2D eigenvalue weighted by atomic mass is 10.1. The van der Waals surface area contributed by atoms with E-state index in [0.29, 0.717) is 32.3 Å². The summed E-state index contributed by atoms with van der Waals surface area (Å²) < 4.78 is 10.7. The van der Waals surface area contributed by atoms with Crippen molar-refractivity contribution in [2.45, 2.75) is 31.8 Å². The van der Waals surface area contributed by atoms with Crippen LogP contribution in [0.5, 0.6) is 0 Å². The van der Waals surface area contributed by atoms with Crippen molar-refractivity contribution in [1.82, 2.24) is 10.2 Å². The number of nitrogens with zero attached hydrogens (tertiary/aromatic N) is 1. The first kappa shape index (κ1) is 17.4. The zero-order chi connectivity index (χ0) is 14.6. The van der Waals surface area contributed by atoms with Crippen molar-refractivity contribution >= 4 is 5.91 Å². The Bertz CT molecular complexity index is 256. The van der Waals surface area contributed by atoms with Crippen LogP contribution in [0.15, 0.2) is 0 Å². The third-order valence-corrected chi connectivity index (χ3v) is 3.45. The molecular formula is C14H29N3O3. The molecule has 0 aromatic rings. The molecule has 0 aromatic heterocycles. The number of nitrogens with one attached hydrogen (secondary N) is 1. The number of carbonyl (C=O) groups is 1. The number of piperidine rings is 1. The number of hydrogen-bond acceptors (Lipinski definition) is 5. The normalized spacial score (nSPS) is 17.3. The molecule has 1 aliphatic heterocycles. The largest absolute Gasteiger partial charge is 0.385 e. The van der Waals surface area contributed by atoms with E-state index in [2.05, 4.69) is 10.2 Å². The van der Waals surface area contributed by atoms with Gasteiger partial charge in [0.25, 0.3) is 0 Å². The van der Waals surface area contributed by atoms with Crippen LogP contribution >= 0.6 is 0 Å². The maximum Gasteiger partial charge on any atom is 0.234 e. The second-order valence-corrected chi connectivity index (χ2v) is 5.18. The van der Waals surface area contributed by atoms with Crippen LogP contribution in [0.1, 0.15) is 25.7 Å². The molecule has 0 unspecified atom stereocenters. The minimum atomic E-state index is 0.101. The number of hydrogen-bond donors (Lipinski definition) is 2. The van der Waals surface area contributed by atoms with Gasteiger partial charge in [-0.2, -0.15) is 0 Å². The molecule has 3 N–H and O–H groups in total. The molecule has 1 saturated heterocycles. The molecule has 0 bridgehead atoms. The lowest BCUT2D eigenvalue weighted by molar-refractivity contribution is -0.123. The van der Waals surface area contributed by atoms with E-state index in [4.69, 9.17) is 15.2 Å². The van der Waals surface area contributed by atoms with Crippen LogP contribution in [-0.2, 0) is 14.3 Å². The molecule has 0 radical (unpaired) electrons. The molecule has 0 aromatic carbocycles. The Labute approximate surface area is 122 Å². The van der Waals surface area contributed by atoms with E-state index >= 15 is 0 Å². The molecule has 1 aliphatic rings. The number of nitrogens with two attached hydrogens (primary N) is 1. The number of likely N-dealkylation sites (tertiary alicyclic amines) is 1. The molecule has 0 aliphatic carbocycles. The highest BCUT2D eigenvalue weighted by atomic mass is 16.5. The van der Waals surface area contributed by atoms with Gasteiger partial charge in [0.1, 0.15) is 0 Å². The molecule has 0 spiro atoms. The zero-order valence-corrected chi connectivity index (χ0v) is 12.6. The van der Waals surface area contributed by atoms with E-state index in [1.165, 1.54) is 0 Å². The fourth-order valence-electron chi connectivity index (χ4n) is 2.27. The first-order valence-corrected chi connectivity index (χ1v) is 7.56. The summed E-state index contributed by atoms with van der Waals surface area (Å²) in [5.74, 6) is 0.101. The Kier molecular flexibility index (Phi) is 9.57. The summed E-state index contributed by atoms with van der Waals surface area (Å²) >= 11 is 0. The van der Waals surface area contributed by atoms with Crippen molar-refractivity contribution in [3.05, 3.63) is 0 Å². The molecule has 0 atom stereocenters. The first-order chi connectivity index (χ1) is 9.76. The molecule has 1 amide bonds. The fraction of sp³-hybridized carbons (Fsp3) is 0.929. The van der Waals surface area contributed by atoms with E-state index in [9.17, 15) is 4.79 Å². The van der Waals surface area contributed by atoms with Gasteiger partial charge in [-0.1, -0.05) is 0 Å². The fourth-order valence-corrected chi connectivity index (χ4v) is 2.27. The molecule has 6 nitrogen and oxygen atoms in total. The number of rotatable bonds is 10. The average molecular weight is 287 g/mol. The lowest BCUT2D eigenvalue weighted by Crippen LogP contribution is -2.43. The van der Waals surface area contributed by atoms with Crippen molar-refractivity contribution in [3.8, 4) is 0 Å². The Hall–Kier alpha value is -0.690. The average Bonchev–Trinajstić information content (AvgIpc) is 2.46. The van der Waals surface area contributed by atoms with Crippen molar-refractivity contribution in [2.75, 3.05) is 53.0 Å². The van der Waals surface area contributed by atoms with Crippen LogP contribution in [0.2, 0.25) is 0 Å². The van der Waals surface area contributed by atoms with Gasteiger partial charge in [-0.3, -0.25) is 9.69 Å². The van der Waals surface area contributed by atoms with Gasteiger partial charge in [-0.25, -0.2) is 0 Å². The van der Waals surface area contributed by atoms with Gasteiger partial charge >= 0.3 is 0 Å². The Morgan fingerprint density at radius 2 is 2.05 bits per heavy atom. The van der Waals surface area contributed by atoms with Crippen LogP contribution in [0.4, 0.5) is 0 Å². The highest BCUT2D eigenvalue weighted by Crippen LogP contribution is 2.13. The number of methoxy groups -OCH3 is 1. The maximum atomic E-state index is 11.7. The maximum absolute atomic E-state index is 11.7. The number of amides is 1. The third-order valence-electron chi connectivity index (χ3n) is 3.45. The second kappa shape index (κ2) is 11.0. The highest BCUT2D eigenvalue weighted by Gasteiger charge is 2.20. The molecule has 20 heavy (non-hydrogen) atoms. The van der Waals surface area contributed by atoms with Gasteiger partial charge < -0.3 is 20.5 Å². The Balaban J connectivity index is 2.04. The van der Waals surface area contributed by atoms with Crippen LogP contribution in [0.3, 0.4) is 0 Å². The predicted molar refractivity (Wildman–Crippen MR) is 78.6 cm³/mol. The first-order valence-electron chi connectivity index (χ1n) is 7.56. The summed E-state index contributed by atoms with van der Waals surface area (Å²) in [7, 11) is 1.67. The molecule has 6 heteroatoms. The van der Waals surface area contributed by atoms with Gasteiger partial charge in [0.15, 0.2) is 0 Å². The van der Waals surface area contributed by atoms with Crippen LogP contribution in [-0.4, -0.2) is 70.0 Å². The van der Waals surface area contributed by atoms with Crippen molar-refractivity contribution in [3.63, 3.8) is 0 Å². The molecule has 1 fully saturated rings. The van der Waals surface area contributed by atoms with Crippen LogP contribution in [0.25, 0.3) is 0 Å². The topological polar surface area (TPSA) is 76.8 Å². The van der Waals surface area contributed by atoms with Gasteiger partial charge in [-0.15, -0.1) is 0 Å². The van der Waals surface area contributed by atoms with E-state index in [-0.39, 0.29) is 5.91 Å². The highest BCUT2D eigenvalue weighted by molar-refractivity contribution is 5.77. The van der Waals surface area contributed by atoms with E-state index in [1.54, 1.807) is 7.11 Å². The number of carbonyl (C=O) groups excluding carboxylic acids is 1. The third kappa shape index (κ3) is 7.79. The van der Waals surface area contributed by atoms with Crippen molar-refractivity contribution in [2.24, 2.45) is 5.73 Å². The molecular weight excluding hydrogens is 258 g/mol. The summed E-state index contributed by atoms with van der Waals surface area (Å²) in [6.07, 6.45) is 4.12. The second-order valence-electron chi connectivity index (χ2n) is 5.18. The summed E-state index contributed by atoms with van der Waals surface area (Å²) in [5, 5.41) is 2.91. The summed E-state index contributed by atoms with van der Waals surface area (Å²) in [6, 6.07) is 0. The van der Waals surface area contributed by atoms with E-state index in [1.807, 2.05) is 0 Å². The van der Waals surface area contributed by atoms with E-state index < -0.39 is 0 Å². The summed E-state index contributed by atoms with van der Waals surface area (Å²) in [5.41, 5.74) is 5.44. The standard InChI is InChI=1S/C14H29N3O3/c1-19-10-3-7-16-14(18)12-17-8-4-13(5-9-17)20-11-2-6-15/h13H,2-12,15H2,1H3,(H,16,18). The SMILES string of the molecule is COCCCNC(=O)CN1CCC(OCCCN)CC1. The molecule has 118 valence electrons. The van der Waals surface area contributed by atoms with Gasteiger partial charge in [0.05, 0.1) is 12.6 Å². The molecule has 1 rings (SSSR count). The Morgan fingerprint density at radius 3 is 2.70 bits per heavy atom. The van der Waals surface area contributed by atoms with E-state index in [0.717, 1.165) is 45.4 Å². The lowest BCUT2D eigenvalue weighted by Gasteiger charge is -2.31. The zero-order valence-electron chi connectivity index (χ0n) is 12.6. The monoisotopic (exact) mass is 287 g/mol. The van der Waals surface area contributed by atoms with Crippen LogP contribution in [0, 0.1) is 0 Å². The smallest absolute Gasteiger partial charge is 0.234 e. The van der Waals surface area contributed by atoms with Crippen molar-refractivity contribution in [1.29, 1.82) is 0 Å². The summed E-state index contributed by atoms with van der Waals surface area (Å²) in [4.78, 5) is 13.9. The number of ether oxygens (including phenoxy) is 2. The van der Waals surface area contributed by atoms with Crippen LogP contribution < -0.4 is 11.1 Å². The summed E-state index contributed by atoms with van der Waals surface area (Å²) in [6.45, 7) is 5.15. The van der Waals surface area contributed by atoms with Gasteiger partial charge in [0.2, 0.25) is 5.91 Å². The predicted octanol–water partition coefficient (Wildman–Crippen LogP) is -0.0311. The van der Waals surface area contributed by atoms with Crippen molar-refractivity contribution < 1.29 is 14.3 Å².